The Balaban J connectivity index is 2.52. The van der Waals surface area contributed by atoms with Gasteiger partial charge in [0.2, 0.25) is 0 Å². The van der Waals surface area contributed by atoms with Crippen molar-refractivity contribution in [2.75, 3.05) is 0 Å². The van der Waals surface area contributed by atoms with Gasteiger partial charge in [0, 0.05) is 0 Å². The summed E-state index contributed by atoms with van der Waals surface area (Å²) in [4.78, 5) is -0.148. The lowest BCUT2D eigenvalue weighted by Gasteiger charge is -2.07. The van der Waals surface area contributed by atoms with Gasteiger partial charge >= 0.3 is 0 Å². The molecule has 0 bridgehead atoms. The first-order valence-corrected chi connectivity index (χ1v) is 6.99. The largest absolute Gasteiger partial charge is 0.744 e. The minimum absolute atomic E-state index is 0.148. The van der Waals surface area contributed by atoms with Gasteiger partial charge in [0.1, 0.15) is 10.1 Å². The standard InChI is InChI=1S/C12H18O3S/c1-2-3-4-5-6-11-7-9-12(10-8-11)16(13,14)15/h7-10H,2-6H2,1H3,(H,13,14,15)/p-1. The summed E-state index contributed by atoms with van der Waals surface area (Å²) in [5.74, 6) is 0. The van der Waals surface area contributed by atoms with Crippen molar-refractivity contribution in [1.29, 1.82) is 0 Å². The number of rotatable bonds is 6. The van der Waals surface area contributed by atoms with Crippen LogP contribution in [0.2, 0.25) is 0 Å². The van der Waals surface area contributed by atoms with Gasteiger partial charge in [0.15, 0.2) is 0 Å². The summed E-state index contributed by atoms with van der Waals surface area (Å²) < 4.78 is 32.1. The number of unbranched alkanes of at least 4 members (excludes halogenated alkanes) is 3. The summed E-state index contributed by atoms with van der Waals surface area (Å²) in [5, 5.41) is 0. The summed E-state index contributed by atoms with van der Waals surface area (Å²) in [6.45, 7) is 2.16. The Hall–Kier alpha value is -0.870. The molecule has 0 radical (unpaired) electrons. The lowest BCUT2D eigenvalue weighted by atomic mass is 10.1. The Morgan fingerprint density at radius 1 is 1.06 bits per heavy atom. The van der Waals surface area contributed by atoms with Crippen molar-refractivity contribution >= 4 is 10.1 Å². The van der Waals surface area contributed by atoms with Crippen LogP contribution >= 0.6 is 0 Å². The van der Waals surface area contributed by atoms with E-state index in [2.05, 4.69) is 6.92 Å². The van der Waals surface area contributed by atoms with Gasteiger partial charge in [-0.25, -0.2) is 8.42 Å². The van der Waals surface area contributed by atoms with Crippen molar-refractivity contribution in [3.05, 3.63) is 29.8 Å². The molecule has 0 aliphatic heterocycles. The maximum Gasteiger partial charge on any atom is 0.124 e. The van der Waals surface area contributed by atoms with Crippen LogP contribution in [-0.4, -0.2) is 13.0 Å². The molecule has 1 aromatic carbocycles. The summed E-state index contributed by atoms with van der Waals surface area (Å²) in [5.41, 5.74) is 1.09. The van der Waals surface area contributed by atoms with Crippen LogP contribution in [0.15, 0.2) is 29.2 Å². The van der Waals surface area contributed by atoms with E-state index in [-0.39, 0.29) is 4.90 Å². The van der Waals surface area contributed by atoms with Gasteiger partial charge in [-0.2, -0.15) is 0 Å². The molecule has 0 atom stereocenters. The molecule has 0 N–H and O–H groups in total. The van der Waals surface area contributed by atoms with Gasteiger partial charge in [-0.05, 0) is 30.5 Å². The van der Waals surface area contributed by atoms with Crippen LogP contribution in [0.5, 0.6) is 0 Å². The molecule has 90 valence electrons. The van der Waals surface area contributed by atoms with Crippen molar-refractivity contribution < 1.29 is 13.0 Å². The Morgan fingerprint density at radius 3 is 2.19 bits per heavy atom. The fraction of sp³-hybridized carbons (Fsp3) is 0.500. The molecule has 0 spiro atoms. The zero-order chi connectivity index (χ0) is 12.0. The Labute approximate surface area is 97.2 Å². The summed E-state index contributed by atoms with van der Waals surface area (Å²) in [7, 11) is -4.30. The van der Waals surface area contributed by atoms with Crippen molar-refractivity contribution in [3.8, 4) is 0 Å². The first-order valence-electron chi connectivity index (χ1n) is 5.59. The molecule has 1 aromatic rings. The van der Waals surface area contributed by atoms with E-state index in [1.807, 2.05) is 0 Å². The highest BCUT2D eigenvalue weighted by Crippen LogP contribution is 2.12. The second-order valence-corrected chi connectivity index (χ2v) is 5.29. The van der Waals surface area contributed by atoms with E-state index in [4.69, 9.17) is 0 Å². The zero-order valence-corrected chi connectivity index (χ0v) is 10.3. The third kappa shape index (κ3) is 4.33. The van der Waals surface area contributed by atoms with Crippen LogP contribution in [-0.2, 0) is 16.5 Å². The Morgan fingerprint density at radius 2 is 1.69 bits per heavy atom. The van der Waals surface area contributed by atoms with E-state index in [9.17, 15) is 13.0 Å². The average Bonchev–Trinajstić information content (AvgIpc) is 2.24. The van der Waals surface area contributed by atoms with Crippen LogP contribution < -0.4 is 0 Å². The first kappa shape index (κ1) is 13.2. The average molecular weight is 241 g/mol. The third-order valence-corrected chi connectivity index (χ3v) is 3.38. The van der Waals surface area contributed by atoms with Gasteiger partial charge in [-0.3, -0.25) is 0 Å². The third-order valence-electron chi connectivity index (χ3n) is 2.53. The smallest absolute Gasteiger partial charge is 0.124 e. The first-order chi connectivity index (χ1) is 7.54. The number of benzene rings is 1. The van der Waals surface area contributed by atoms with Crippen molar-refractivity contribution in [2.24, 2.45) is 0 Å². The minimum atomic E-state index is -4.30. The fourth-order valence-electron chi connectivity index (χ4n) is 1.58. The lowest BCUT2D eigenvalue weighted by molar-refractivity contribution is 0.463. The Bertz CT molecular complexity index is 406. The van der Waals surface area contributed by atoms with Crippen LogP contribution in [0, 0.1) is 0 Å². The normalized spacial score (nSPS) is 11.6. The van der Waals surface area contributed by atoms with Crippen molar-refractivity contribution in [2.45, 2.75) is 43.9 Å². The minimum Gasteiger partial charge on any atom is -0.744 e. The molecule has 0 heterocycles. The molecule has 0 aliphatic carbocycles. The SMILES string of the molecule is CCCCCCc1ccc(S(=O)(=O)[O-])cc1. The molecule has 16 heavy (non-hydrogen) atoms. The highest BCUT2D eigenvalue weighted by molar-refractivity contribution is 7.85. The van der Waals surface area contributed by atoms with Gasteiger partial charge in [-0.15, -0.1) is 0 Å². The molecular weight excluding hydrogens is 224 g/mol. The number of aryl methyl sites for hydroxylation is 1. The molecule has 3 nitrogen and oxygen atoms in total. The number of hydrogen-bond acceptors (Lipinski definition) is 3. The van der Waals surface area contributed by atoms with Crippen molar-refractivity contribution in [3.63, 3.8) is 0 Å². The molecule has 0 fully saturated rings. The lowest BCUT2D eigenvalue weighted by Crippen LogP contribution is -1.98. The summed E-state index contributed by atoms with van der Waals surface area (Å²) >= 11 is 0. The summed E-state index contributed by atoms with van der Waals surface area (Å²) in [6.07, 6.45) is 5.68. The second kappa shape index (κ2) is 6.01. The van der Waals surface area contributed by atoms with Gasteiger partial charge in [0.05, 0.1) is 4.90 Å². The summed E-state index contributed by atoms with van der Waals surface area (Å²) in [6, 6.07) is 6.21. The van der Waals surface area contributed by atoms with Crippen molar-refractivity contribution in [1.82, 2.24) is 0 Å². The molecule has 4 heteroatoms. The van der Waals surface area contributed by atoms with Crippen LogP contribution in [0.25, 0.3) is 0 Å². The monoisotopic (exact) mass is 241 g/mol. The predicted octanol–water partition coefficient (Wildman–Crippen LogP) is 2.71. The van der Waals surface area contributed by atoms with Gasteiger partial charge in [0.25, 0.3) is 0 Å². The molecule has 1 rings (SSSR count). The molecule has 0 amide bonds. The molecule has 0 saturated heterocycles. The highest BCUT2D eigenvalue weighted by atomic mass is 32.2. The van der Waals surface area contributed by atoms with E-state index >= 15 is 0 Å². The van der Waals surface area contributed by atoms with Gasteiger partial charge < -0.3 is 4.55 Å². The highest BCUT2D eigenvalue weighted by Gasteiger charge is 2.00. The topological polar surface area (TPSA) is 57.2 Å². The van der Waals surface area contributed by atoms with Crippen LogP contribution in [0.1, 0.15) is 38.2 Å². The molecule has 0 aliphatic rings. The molecule has 0 aromatic heterocycles. The van der Waals surface area contributed by atoms with E-state index in [1.165, 1.54) is 31.4 Å². The predicted molar refractivity (Wildman–Crippen MR) is 62.3 cm³/mol. The van der Waals surface area contributed by atoms with E-state index in [0.29, 0.717) is 0 Å². The maximum atomic E-state index is 10.7. The second-order valence-electron chi connectivity index (χ2n) is 3.91. The molecule has 0 saturated carbocycles. The molecular formula is C12H17O3S-. The van der Waals surface area contributed by atoms with E-state index in [0.717, 1.165) is 18.4 Å². The van der Waals surface area contributed by atoms with Crippen LogP contribution in [0.4, 0.5) is 0 Å². The van der Waals surface area contributed by atoms with E-state index in [1.54, 1.807) is 12.1 Å². The zero-order valence-electron chi connectivity index (χ0n) is 9.48. The Kier molecular flexibility index (Phi) is 4.96. The molecule has 0 unspecified atom stereocenters. The van der Waals surface area contributed by atoms with E-state index < -0.39 is 10.1 Å². The number of hydrogen-bond donors (Lipinski definition) is 0. The van der Waals surface area contributed by atoms with Gasteiger partial charge in [-0.1, -0.05) is 38.3 Å². The van der Waals surface area contributed by atoms with Crippen LogP contribution in [0.3, 0.4) is 0 Å². The quantitative estimate of drug-likeness (QED) is 0.568. The maximum absolute atomic E-state index is 10.7. The fourth-order valence-corrected chi connectivity index (χ4v) is 2.05.